The number of ether oxygens (including phenoxy) is 3. The van der Waals surface area contributed by atoms with E-state index in [1.165, 1.54) is 25.7 Å². The van der Waals surface area contributed by atoms with Gasteiger partial charge in [-0.05, 0) is 24.8 Å². The Kier molecular flexibility index (Phi) is 8.05. The molecule has 5 heteroatoms. The lowest BCUT2D eigenvalue weighted by Crippen LogP contribution is -2.30. The van der Waals surface area contributed by atoms with Crippen molar-refractivity contribution in [3.8, 4) is 0 Å². The van der Waals surface area contributed by atoms with Gasteiger partial charge < -0.3 is 19.1 Å². The number of rotatable bonds is 4. The highest BCUT2D eigenvalue weighted by Crippen LogP contribution is 2.19. The number of amides is 1. The van der Waals surface area contributed by atoms with E-state index in [1.54, 1.807) is 19.1 Å². The first-order valence-electron chi connectivity index (χ1n) is 8.74. The van der Waals surface area contributed by atoms with Crippen LogP contribution < -0.4 is 0 Å². The molecular weight excluding hydrogens is 306 g/mol. The summed E-state index contributed by atoms with van der Waals surface area (Å²) in [7, 11) is 3.47. The summed E-state index contributed by atoms with van der Waals surface area (Å²) in [6, 6.07) is 9.68. The molecule has 1 atom stereocenters. The average Bonchev–Trinajstić information content (AvgIpc) is 3.32. The summed E-state index contributed by atoms with van der Waals surface area (Å²) in [5, 5.41) is 0. The second kappa shape index (κ2) is 10.3. The molecule has 1 heterocycles. The predicted molar refractivity (Wildman–Crippen MR) is 92.9 cm³/mol. The van der Waals surface area contributed by atoms with Gasteiger partial charge in [0, 0.05) is 20.8 Å². The molecule has 0 bridgehead atoms. The van der Waals surface area contributed by atoms with Gasteiger partial charge in [-0.2, -0.15) is 0 Å². The third-order valence-corrected chi connectivity index (χ3v) is 4.58. The molecule has 1 aliphatic carbocycles. The van der Waals surface area contributed by atoms with Crippen LogP contribution in [0.5, 0.6) is 0 Å². The number of hydrogen-bond donors (Lipinski definition) is 0. The third-order valence-electron chi connectivity index (χ3n) is 4.58. The van der Waals surface area contributed by atoms with Crippen molar-refractivity contribution in [1.29, 1.82) is 0 Å². The molecule has 1 saturated carbocycles. The molecule has 1 aromatic rings. The Morgan fingerprint density at radius 3 is 2.25 bits per heavy atom. The second-order valence-electron chi connectivity index (χ2n) is 6.27. The highest BCUT2D eigenvalue weighted by Gasteiger charge is 2.26. The van der Waals surface area contributed by atoms with Crippen molar-refractivity contribution in [3.05, 3.63) is 35.9 Å². The monoisotopic (exact) mass is 335 g/mol. The van der Waals surface area contributed by atoms with Crippen LogP contribution in [0.2, 0.25) is 0 Å². The average molecular weight is 335 g/mol. The summed E-state index contributed by atoms with van der Waals surface area (Å²) in [4.78, 5) is 13.4. The molecule has 0 aromatic heterocycles. The van der Waals surface area contributed by atoms with Crippen LogP contribution in [0.25, 0.3) is 0 Å². The first-order chi connectivity index (χ1) is 11.7. The molecule has 2 fully saturated rings. The van der Waals surface area contributed by atoms with Crippen molar-refractivity contribution < 1.29 is 19.0 Å². The molecule has 1 amide bonds. The van der Waals surface area contributed by atoms with Gasteiger partial charge in [-0.25, -0.2) is 4.79 Å². The van der Waals surface area contributed by atoms with E-state index in [-0.39, 0.29) is 12.2 Å². The molecule has 1 aromatic carbocycles. The van der Waals surface area contributed by atoms with Gasteiger partial charge in [0.1, 0.15) is 6.61 Å². The Morgan fingerprint density at radius 1 is 1.04 bits per heavy atom. The zero-order valence-corrected chi connectivity index (χ0v) is 14.8. The van der Waals surface area contributed by atoms with Crippen LogP contribution in [0.3, 0.4) is 0 Å². The minimum Gasteiger partial charge on any atom is -0.445 e. The van der Waals surface area contributed by atoms with Gasteiger partial charge in [-0.1, -0.05) is 43.2 Å². The first kappa shape index (κ1) is 18.7. The van der Waals surface area contributed by atoms with Gasteiger partial charge in [0.25, 0.3) is 0 Å². The second-order valence-corrected chi connectivity index (χ2v) is 6.27. The molecule has 0 unspecified atom stereocenters. The fourth-order valence-corrected chi connectivity index (χ4v) is 3.02. The molecule has 24 heavy (non-hydrogen) atoms. The molecule has 0 radical (unpaired) electrons. The molecule has 0 N–H and O–H groups in total. The van der Waals surface area contributed by atoms with E-state index in [1.807, 2.05) is 30.3 Å². The minimum atomic E-state index is -0.256. The van der Waals surface area contributed by atoms with Crippen LogP contribution in [0, 0.1) is 0 Å². The summed E-state index contributed by atoms with van der Waals surface area (Å²) in [5.74, 6) is 0. The summed E-state index contributed by atoms with van der Waals surface area (Å²) < 4.78 is 15.6. The molecule has 1 saturated heterocycles. The van der Waals surface area contributed by atoms with Crippen LogP contribution in [0.15, 0.2) is 30.3 Å². The molecule has 134 valence electrons. The maximum absolute atomic E-state index is 11.7. The zero-order valence-electron chi connectivity index (χ0n) is 14.8. The molecular formula is C19H29NO4. The van der Waals surface area contributed by atoms with E-state index in [0.29, 0.717) is 25.8 Å². The van der Waals surface area contributed by atoms with Gasteiger partial charge in [0.15, 0.2) is 0 Å². The van der Waals surface area contributed by atoms with E-state index >= 15 is 0 Å². The van der Waals surface area contributed by atoms with Gasteiger partial charge in [0.2, 0.25) is 0 Å². The van der Waals surface area contributed by atoms with Gasteiger partial charge in [0.05, 0.1) is 18.8 Å². The van der Waals surface area contributed by atoms with Crippen LogP contribution in [0.1, 0.15) is 37.7 Å². The Morgan fingerprint density at radius 2 is 1.71 bits per heavy atom. The smallest absolute Gasteiger partial charge is 0.410 e. The third kappa shape index (κ3) is 6.13. The van der Waals surface area contributed by atoms with Gasteiger partial charge >= 0.3 is 6.09 Å². The lowest BCUT2D eigenvalue weighted by molar-refractivity contribution is 0.0848. The Hall–Kier alpha value is -1.59. The minimum absolute atomic E-state index is 0.152. The van der Waals surface area contributed by atoms with Crippen LogP contribution in [-0.2, 0) is 20.8 Å². The SMILES string of the molecule is COC1CCCC1.CO[C@H]1CCN(C(=O)OCc2ccccc2)C1. The van der Waals surface area contributed by atoms with Crippen LogP contribution in [0.4, 0.5) is 4.79 Å². The molecule has 1 aliphatic heterocycles. The molecule has 2 aliphatic rings. The number of hydrogen-bond acceptors (Lipinski definition) is 4. The number of likely N-dealkylation sites (tertiary alicyclic amines) is 1. The Balaban J connectivity index is 0.000000249. The van der Waals surface area contributed by atoms with Crippen LogP contribution in [-0.4, -0.2) is 50.5 Å². The van der Waals surface area contributed by atoms with Crippen molar-refractivity contribution in [3.63, 3.8) is 0 Å². The zero-order chi connectivity index (χ0) is 17.2. The van der Waals surface area contributed by atoms with Crippen molar-refractivity contribution >= 4 is 6.09 Å². The van der Waals surface area contributed by atoms with E-state index in [0.717, 1.165) is 12.0 Å². The first-order valence-corrected chi connectivity index (χ1v) is 8.74. The quantitative estimate of drug-likeness (QED) is 0.843. The highest BCUT2D eigenvalue weighted by atomic mass is 16.6. The summed E-state index contributed by atoms with van der Waals surface area (Å²) in [6.07, 6.45) is 6.70. The summed E-state index contributed by atoms with van der Waals surface area (Å²) in [5.41, 5.74) is 1.00. The topological polar surface area (TPSA) is 48.0 Å². The lowest BCUT2D eigenvalue weighted by atomic mass is 10.2. The van der Waals surface area contributed by atoms with E-state index in [2.05, 4.69) is 0 Å². The fraction of sp³-hybridized carbons (Fsp3) is 0.632. The molecule has 3 rings (SSSR count). The normalized spacial score (nSPS) is 20.6. The number of nitrogens with zero attached hydrogens (tertiary/aromatic N) is 1. The number of carbonyl (C=O) groups is 1. The number of methoxy groups -OCH3 is 2. The van der Waals surface area contributed by atoms with Gasteiger partial charge in [-0.3, -0.25) is 0 Å². The number of carbonyl (C=O) groups excluding carboxylic acids is 1. The van der Waals surface area contributed by atoms with Crippen molar-refractivity contribution in [2.45, 2.75) is 50.9 Å². The maximum Gasteiger partial charge on any atom is 0.410 e. The van der Waals surface area contributed by atoms with Crippen molar-refractivity contribution in [1.82, 2.24) is 4.90 Å². The van der Waals surface area contributed by atoms with E-state index in [9.17, 15) is 4.79 Å². The molecule has 5 nitrogen and oxygen atoms in total. The Labute approximate surface area is 144 Å². The van der Waals surface area contributed by atoms with Crippen molar-refractivity contribution in [2.75, 3.05) is 27.3 Å². The lowest BCUT2D eigenvalue weighted by Gasteiger charge is -2.15. The largest absolute Gasteiger partial charge is 0.445 e. The van der Waals surface area contributed by atoms with Crippen LogP contribution >= 0.6 is 0 Å². The molecule has 0 spiro atoms. The standard InChI is InChI=1S/C13H17NO3.C6H12O/c1-16-12-7-8-14(9-12)13(15)17-10-11-5-3-2-4-6-11;1-7-6-4-2-3-5-6/h2-6,12H,7-10H2,1H3;6H,2-5H2,1H3/t12-;/m0./s1. The van der Waals surface area contributed by atoms with E-state index in [4.69, 9.17) is 14.2 Å². The van der Waals surface area contributed by atoms with Gasteiger partial charge in [-0.15, -0.1) is 0 Å². The summed E-state index contributed by atoms with van der Waals surface area (Å²) in [6.45, 7) is 1.67. The van der Waals surface area contributed by atoms with Crippen molar-refractivity contribution in [2.24, 2.45) is 0 Å². The maximum atomic E-state index is 11.7. The Bertz CT molecular complexity index is 474. The number of benzene rings is 1. The highest BCUT2D eigenvalue weighted by molar-refractivity contribution is 5.68. The fourth-order valence-electron chi connectivity index (χ4n) is 3.02. The summed E-state index contributed by atoms with van der Waals surface area (Å²) >= 11 is 0. The van der Waals surface area contributed by atoms with E-state index < -0.39 is 0 Å². The predicted octanol–water partition coefficient (Wildman–Crippen LogP) is 3.62.